The molecule has 0 aliphatic heterocycles. The van der Waals surface area contributed by atoms with Crippen molar-refractivity contribution in [1.29, 1.82) is 0 Å². The molecule has 106 valence electrons. The Labute approximate surface area is 113 Å². The normalized spacial score (nSPS) is 10.2. The van der Waals surface area contributed by atoms with Crippen LogP contribution >= 0.6 is 0 Å². The van der Waals surface area contributed by atoms with Gasteiger partial charge in [-0.2, -0.15) is 9.37 Å². The Hall–Kier alpha value is -2.84. The molecule has 4 N–H and O–H groups in total. The SMILES string of the molecule is COc1cc2nc(F)nc(NNC(N)=O)c2cc1OC. The molecule has 0 atom stereocenters. The lowest BCUT2D eigenvalue weighted by atomic mass is 10.2. The highest BCUT2D eigenvalue weighted by Gasteiger charge is 2.13. The van der Waals surface area contributed by atoms with E-state index in [4.69, 9.17) is 15.2 Å². The van der Waals surface area contributed by atoms with E-state index in [1.165, 1.54) is 20.3 Å². The molecule has 2 rings (SSSR count). The molecule has 0 bridgehead atoms. The lowest BCUT2D eigenvalue weighted by Crippen LogP contribution is -2.34. The number of anilines is 1. The summed E-state index contributed by atoms with van der Waals surface area (Å²) in [4.78, 5) is 17.9. The van der Waals surface area contributed by atoms with Crippen molar-refractivity contribution in [3.05, 3.63) is 18.2 Å². The average Bonchev–Trinajstić information content (AvgIpc) is 2.42. The van der Waals surface area contributed by atoms with E-state index in [1.54, 1.807) is 6.07 Å². The van der Waals surface area contributed by atoms with Crippen LogP contribution in [0.3, 0.4) is 0 Å². The van der Waals surface area contributed by atoms with Gasteiger partial charge in [0.2, 0.25) is 0 Å². The van der Waals surface area contributed by atoms with E-state index >= 15 is 0 Å². The van der Waals surface area contributed by atoms with Crippen molar-refractivity contribution >= 4 is 22.8 Å². The summed E-state index contributed by atoms with van der Waals surface area (Å²) < 4.78 is 23.6. The Kier molecular flexibility index (Phi) is 3.69. The van der Waals surface area contributed by atoms with Gasteiger partial charge in [0.05, 0.1) is 19.7 Å². The number of benzene rings is 1. The van der Waals surface area contributed by atoms with Crippen molar-refractivity contribution in [3.8, 4) is 11.5 Å². The predicted molar refractivity (Wildman–Crippen MR) is 68.9 cm³/mol. The predicted octanol–water partition coefficient (Wildman–Crippen LogP) is 0.781. The Morgan fingerprint density at radius 1 is 1.25 bits per heavy atom. The number of amides is 2. The van der Waals surface area contributed by atoms with Crippen molar-refractivity contribution in [3.63, 3.8) is 0 Å². The summed E-state index contributed by atoms with van der Waals surface area (Å²) in [5, 5.41) is 0.429. The van der Waals surface area contributed by atoms with Crippen LogP contribution in [0.5, 0.6) is 11.5 Å². The van der Waals surface area contributed by atoms with Gasteiger partial charge < -0.3 is 15.2 Å². The van der Waals surface area contributed by atoms with Crippen LogP contribution in [0.2, 0.25) is 0 Å². The number of hydrogen-bond acceptors (Lipinski definition) is 6. The average molecular weight is 281 g/mol. The van der Waals surface area contributed by atoms with Crippen molar-refractivity contribution in [2.75, 3.05) is 19.6 Å². The largest absolute Gasteiger partial charge is 0.493 e. The monoisotopic (exact) mass is 281 g/mol. The summed E-state index contributed by atoms with van der Waals surface area (Å²) in [7, 11) is 2.91. The highest BCUT2D eigenvalue weighted by molar-refractivity contribution is 5.92. The lowest BCUT2D eigenvalue weighted by Gasteiger charge is -2.12. The first-order valence-electron chi connectivity index (χ1n) is 5.46. The summed E-state index contributed by atoms with van der Waals surface area (Å²) >= 11 is 0. The van der Waals surface area contributed by atoms with Crippen LogP contribution in [0.25, 0.3) is 10.9 Å². The summed E-state index contributed by atoms with van der Waals surface area (Å²) in [6.45, 7) is 0. The molecule has 1 heterocycles. The van der Waals surface area contributed by atoms with E-state index in [9.17, 15) is 9.18 Å². The van der Waals surface area contributed by atoms with Gasteiger partial charge in [-0.3, -0.25) is 10.9 Å². The minimum Gasteiger partial charge on any atom is -0.493 e. The topological polar surface area (TPSA) is 111 Å². The van der Waals surface area contributed by atoms with Crippen LogP contribution < -0.4 is 26.1 Å². The first kappa shape index (κ1) is 13.6. The third kappa shape index (κ3) is 2.60. The van der Waals surface area contributed by atoms with Gasteiger partial charge in [0.25, 0.3) is 0 Å². The van der Waals surface area contributed by atoms with Gasteiger partial charge in [-0.05, 0) is 6.07 Å². The lowest BCUT2D eigenvalue weighted by molar-refractivity contribution is 0.250. The molecule has 20 heavy (non-hydrogen) atoms. The Morgan fingerprint density at radius 2 is 1.90 bits per heavy atom. The molecule has 8 nitrogen and oxygen atoms in total. The molecule has 0 fully saturated rings. The molecule has 0 saturated carbocycles. The molecule has 2 amide bonds. The number of halogens is 1. The van der Waals surface area contributed by atoms with Gasteiger partial charge in [-0.15, -0.1) is 0 Å². The number of nitrogens with one attached hydrogen (secondary N) is 2. The summed E-state index contributed by atoms with van der Waals surface area (Å²) in [6, 6.07) is 2.21. The molecule has 0 unspecified atom stereocenters. The third-order valence-corrected chi connectivity index (χ3v) is 2.48. The van der Waals surface area contributed by atoms with Crippen LogP contribution in [0.1, 0.15) is 0 Å². The van der Waals surface area contributed by atoms with Gasteiger partial charge in [-0.25, -0.2) is 9.78 Å². The van der Waals surface area contributed by atoms with Crippen molar-refractivity contribution < 1.29 is 18.7 Å². The van der Waals surface area contributed by atoms with E-state index in [-0.39, 0.29) is 11.3 Å². The zero-order chi connectivity index (χ0) is 14.7. The highest BCUT2D eigenvalue weighted by Crippen LogP contribution is 2.33. The standard InChI is InChI=1S/C11H12FN5O3/c1-19-7-3-5-6(4-8(7)20-2)14-10(12)15-9(5)16-17-11(13)18/h3-4H,1-2H3,(H3,13,17,18)(H,14,15,16). The van der Waals surface area contributed by atoms with E-state index in [1.807, 2.05) is 0 Å². The second kappa shape index (κ2) is 5.43. The van der Waals surface area contributed by atoms with Crippen molar-refractivity contribution in [2.45, 2.75) is 0 Å². The fraction of sp³-hybridized carbons (Fsp3) is 0.182. The molecule has 0 radical (unpaired) electrons. The van der Waals surface area contributed by atoms with Crippen LogP contribution in [0, 0.1) is 6.08 Å². The number of hydrazine groups is 1. The number of hydrogen-bond donors (Lipinski definition) is 3. The van der Waals surface area contributed by atoms with Gasteiger partial charge >= 0.3 is 12.1 Å². The zero-order valence-electron chi connectivity index (χ0n) is 10.7. The Bertz CT molecular complexity index is 664. The molecular weight excluding hydrogens is 269 g/mol. The van der Waals surface area contributed by atoms with E-state index < -0.39 is 12.1 Å². The molecule has 2 aromatic rings. The number of methoxy groups -OCH3 is 2. The van der Waals surface area contributed by atoms with Crippen LogP contribution in [-0.4, -0.2) is 30.2 Å². The second-order valence-electron chi connectivity index (χ2n) is 3.68. The number of nitrogens with zero attached hydrogens (tertiary/aromatic N) is 2. The third-order valence-electron chi connectivity index (χ3n) is 2.48. The molecule has 9 heteroatoms. The number of ether oxygens (including phenoxy) is 2. The first-order chi connectivity index (χ1) is 9.55. The minimum atomic E-state index is -0.960. The molecule has 1 aromatic carbocycles. The maximum atomic E-state index is 13.4. The van der Waals surface area contributed by atoms with Gasteiger partial charge in [-0.1, -0.05) is 0 Å². The van der Waals surface area contributed by atoms with Gasteiger partial charge in [0, 0.05) is 11.5 Å². The summed E-state index contributed by atoms with van der Waals surface area (Å²) in [6.07, 6.45) is -0.960. The Balaban J connectivity index is 2.58. The van der Waals surface area contributed by atoms with E-state index in [0.29, 0.717) is 16.9 Å². The number of rotatable bonds is 4. The summed E-state index contributed by atoms with van der Waals surface area (Å²) in [5.74, 6) is 0.858. The van der Waals surface area contributed by atoms with E-state index in [2.05, 4.69) is 20.8 Å². The number of nitrogens with two attached hydrogens (primary N) is 1. The molecule has 0 saturated heterocycles. The number of carbonyl (C=O) groups excluding carboxylic acids is 1. The van der Waals surface area contributed by atoms with Crippen molar-refractivity contribution in [1.82, 2.24) is 15.4 Å². The van der Waals surface area contributed by atoms with Crippen LogP contribution in [0.15, 0.2) is 12.1 Å². The van der Waals surface area contributed by atoms with Gasteiger partial charge in [0.1, 0.15) is 0 Å². The first-order valence-corrected chi connectivity index (χ1v) is 5.46. The fourth-order valence-electron chi connectivity index (χ4n) is 1.64. The highest BCUT2D eigenvalue weighted by atomic mass is 19.1. The van der Waals surface area contributed by atoms with Crippen LogP contribution in [0.4, 0.5) is 15.0 Å². The van der Waals surface area contributed by atoms with Gasteiger partial charge in [0.15, 0.2) is 17.3 Å². The fourth-order valence-corrected chi connectivity index (χ4v) is 1.64. The quantitative estimate of drug-likeness (QED) is 0.564. The van der Waals surface area contributed by atoms with Crippen molar-refractivity contribution in [2.24, 2.45) is 5.73 Å². The number of fused-ring (bicyclic) bond motifs is 1. The molecule has 0 aliphatic rings. The molecule has 1 aromatic heterocycles. The molecular formula is C11H12FN5O3. The maximum Gasteiger partial charge on any atom is 0.330 e. The van der Waals surface area contributed by atoms with E-state index in [0.717, 1.165) is 0 Å². The Morgan fingerprint density at radius 3 is 2.50 bits per heavy atom. The maximum absolute atomic E-state index is 13.4. The number of urea groups is 1. The summed E-state index contributed by atoms with van der Waals surface area (Å²) in [5.41, 5.74) is 9.72. The van der Waals surface area contributed by atoms with Crippen LogP contribution in [-0.2, 0) is 0 Å². The molecule has 0 spiro atoms. The minimum absolute atomic E-state index is 0.0484. The zero-order valence-corrected chi connectivity index (χ0v) is 10.7. The number of carbonyl (C=O) groups is 1. The smallest absolute Gasteiger partial charge is 0.330 e. The second-order valence-corrected chi connectivity index (χ2v) is 3.68. The number of primary amides is 1. The number of aromatic nitrogens is 2. The molecule has 0 aliphatic carbocycles.